The lowest BCUT2D eigenvalue weighted by atomic mass is 10.2. The zero-order chi connectivity index (χ0) is 12.8. The Balaban J connectivity index is 2.59. The maximum atomic E-state index is 12.8. The van der Waals surface area contributed by atoms with Gasteiger partial charge in [-0.1, -0.05) is 6.08 Å². The predicted octanol–water partition coefficient (Wildman–Crippen LogP) is 2.67. The normalized spacial score (nSPS) is 11.2. The number of rotatable bonds is 4. The molecule has 1 N–H and O–H groups in total. The third-order valence-electron chi connectivity index (χ3n) is 2.40. The van der Waals surface area contributed by atoms with Crippen LogP contribution in [0.25, 0.3) is 0 Å². The van der Waals surface area contributed by atoms with Gasteiger partial charge in [-0.15, -0.1) is 0 Å². The number of nitrogens with one attached hydrogen (secondary N) is 1. The third-order valence-corrected chi connectivity index (χ3v) is 2.40. The Labute approximate surface area is 100 Å². The summed E-state index contributed by atoms with van der Waals surface area (Å²) in [7, 11) is 1.34. The molecule has 0 radical (unpaired) electrons. The van der Waals surface area contributed by atoms with Gasteiger partial charge < -0.3 is 10.1 Å². The average molecular weight is 237 g/mol. The van der Waals surface area contributed by atoms with E-state index in [0.717, 1.165) is 11.3 Å². The van der Waals surface area contributed by atoms with Gasteiger partial charge in [0.15, 0.2) is 0 Å². The predicted molar refractivity (Wildman–Crippen MR) is 65.4 cm³/mol. The molecule has 0 spiro atoms. The SMILES string of the molecule is COC(=O)/C(C)=C/CNc1ccc(F)cc1C. The van der Waals surface area contributed by atoms with Crippen molar-refractivity contribution in [2.75, 3.05) is 19.0 Å². The number of hydrogen-bond donors (Lipinski definition) is 1. The molecule has 0 heterocycles. The van der Waals surface area contributed by atoms with Gasteiger partial charge >= 0.3 is 5.97 Å². The molecule has 0 aromatic heterocycles. The highest BCUT2D eigenvalue weighted by Crippen LogP contribution is 2.15. The van der Waals surface area contributed by atoms with Gasteiger partial charge in [0, 0.05) is 17.8 Å². The van der Waals surface area contributed by atoms with Crippen LogP contribution in [0.5, 0.6) is 0 Å². The summed E-state index contributed by atoms with van der Waals surface area (Å²) in [5.41, 5.74) is 2.22. The van der Waals surface area contributed by atoms with Crippen molar-refractivity contribution in [3.63, 3.8) is 0 Å². The summed E-state index contributed by atoms with van der Waals surface area (Å²) < 4.78 is 17.4. The zero-order valence-electron chi connectivity index (χ0n) is 10.2. The van der Waals surface area contributed by atoms with E-state index in [0.29, 0.717) is 12.1 Å². The summed E-state index contributed by atoms with van der Waals surface area (Å²) in [6.45, 7) is 4.00. The number of aryl methyl sites for hydroxylation is 1. The molecule has 0 bridgehead atoms. The average Bonchev–Trinajstić information content (AvgIpc) is 2.30. The molecular formula is C13H16FNO2. The van der Waals surface area contributed by atoms with Gasteiger partial charge in [0.05, 0.1) is 7.11 Å². The molecule has 0 saturated heterocycles. The molecule has 0 aliphatic carbocycles. The molecule has 0 fully saturated rings. The highest BCUT2D eigenvalue weighted by molar-refractivity contribution is 5.87. The number of carbonyl (C=O) groups excluding carboxylic acids is 1. The third kappa shape index (κ3) is 3.90. The molecule has 0 atom stereocenters. The minimum atomic E-state index is -0.345. The zero-order valence-corrected chi connectivity index (χ0v) is 10.2. The highest BCUT2D eigenvalue weighted by Gasteiger charge is 2.02. The van der Waals surface area contributed by atoms with E-state index < -0.39 is 0 Å². The molecule has 0 amide bonds. The highest BCUT2D eigenvalue weighted by atomic mass is 19.1. The van der Waals surface area contributed by atoms with Crippen LogP contribution in [-0.4, -0.2) is 19.6 Å². The van der Waals surface area contributed by atoms with Gasteiger partial charge in [-0.25, -0.2) is 9.18 Å². The van der Waals surface area contributed by atoms with Crippen LogP contribution in [0.2, 0.25) is 0 Å². The standard InChI is InChI=1S/C13H16FNO2/c1-9(13(16)17-3)6-7-15-12-5-4-11(14)8-10(12)2/h4-6,8,15H,7H2,1-3H3/b9-6+. The summed E-state index contributed by atoms with van der Waals surface area (Å²) in [6.07, 6.45) is 1.73. The van der Waals surface area contributed by atoms with Gasteiger partial charge in [0.1, 0.15) is 5.82 Å². The first-order chi connectivity index (χ1) is 8.04. The number of ether oxygens (including phenoxy) is 1. The number of anilines is 1. The van der Waals surface area contributed by atoms with Crippen molar-refractivity contribution in [2.45, 2.75) is 13.8 Å². The van der Waals surface area contributed by atoms with Crippen LogP contribution < -0.4 is 5.32 Å². The molecule has 4 heteroatoms. The number of halogens is 1. The van der Waals surface area contributed by atoms with Gasteiger partial charge in [-0.3, -0.25) is 0 Å². The first kappa shape index (κ1) is 13.2. The number of carbonyl (C=O) groups is 1. The Hall–Kier alpha value is -1.84. The molecule has 1 rings (SSSR count). The van der Waals surface area contributed by atoms with Crippen LogP contribution in [0.1, 0.15) is 12.5 Å². The van der Waals surface area contributed by atoms with Crippen LogP contribution >= 0.6 is 0 Å². The molecule has 0 saturated carbocycles. The number of esters is 1. The summed E-state index contributed by atoms with van der Waals surface area (Å²) in [5.74, 6) is -0.600. The lowest BCUT2D eigenvalue weighted by Crippen LogP contribution is -2.06. The summed E-state index contributed by atoms with van der Waals surface area (Å²) in [6, 6.07) is 4.53. The Morgan fingerprint density at radius 2 is 2.24 bits per heavy atom. The number of hydrogen-bond acceptors (Lipinski definition) is 3. The second-order valence-electron chi connectivity index (χ2n) is 3.72. The van der Waals surface area contributed by atoms with Crippen molar-refractivity contribution < 1.29 is 13.9 Å². The quantitative estimate of drug-likeness (QED) is 0.646. The monoisotopic (exact) mass is 237 g/mol. The molecule has 0 aliphatic heterocycles. The molecule has 1 aromatic carbocycles. The molecule has 0 aliphatic rings. The van der Waals surface area contributed by atoms with Gasteiger partial charge in [0.25, 0.3) is 0 Å². The molecule has 3 nitrogen and oxygen atoms in total. The van der Waals surface area contributed by atoms with Crippen LogP contribution in [0.4, 0.5) is 10.1 Å². The summed E-state index contributed by atoms with van der Waals surface area (Å²) in [5, 5.41) is 3.10. The van der Waals surface area contributed by atoms with Crippen LogP contribution in [-0.2, 0) is 9.53 Å². The van der Waals surface area contributed by atoms with Crippen molar-refractivity contribution >= 4 is 11.7 Å². The Morgan fingerprint density at radius 3 is 2.82 bits per heavy atom. The minimum absolute atomic E-state index is 0.255. The molecular weight excluding hydrogens is 221 g/mol. The molecule has 17 heavy (non-hydrogen) atoms. The fraction of sp³-hybridized carbons (Fsp3) is 0.308. The topological polar surface area (TPSA) is 38.3 Å². The van der Waals surface area contributed by atoms with Crippen molar-refractivity contribution in [3.8, 4) is 0 Å². The summed E-state index contributed by atoms with van der Waals surface area (Å²) in [4.78, 5) is 11.1. The van der Waals surface area contributed by atoms with Crippen LogP contribution in [0.3, 0.4) is 0 Å². The van der Waals surface area contributed by atoms with Crippen molar-refractivity contribution in [3.05, 3.63) is 41.2 Å². The van der Waals surface area contributed by atoms with Gasteiger partial charge in [0.2, 0.25) is 0 Å². The van der Waals surface area contributed by atoms with Crippen LogP contribution in [0.15, 0.2) is 29.8 Å². The van der Waals surface area contributed by atoms with E-state index in [-0.39, 0.29) is 11.8 Å². The van der Waals surface area contributed by atoms with E-state index in [1.807, 2.05) is 6.92 Å². The molecule has 1 aromatic rings. The number of benzene rings is 1. The minimum Gasteiger partial charge on any atom is -0.466 e. The molecule has 92 valence electrons. The Bertz CT molecular complexity index is 441. The second kappa shape index (κ2) is 6.03. The largest absolute Gasteiger partial charge is 0.466 e. The fourth-order valence-electron chi connectivity index (χ4n) is 1.38. The van der Waals surface area contributed by atoms with E-state index >= 15 is 0 Å². The van der Waals surface area contributed by atoms with Crippen molar-refractivity contribution in [1.82, 2.24) is 0 Å². The van der Waals surface area contributed by atoms with Gasteiger partial charge in [-0.05, 0) is 37.6 Å². The van der Waals surface area contributed by atoms with E-state index in [9.17, 15) is 9.18 Å². The second-order valence-corrected chi connectivity index (χ2v) is 3.72. The Kier molecular flexibility index (Phi) is 4.69. The molecule has 0 unspecified atom stereocenters. The first-order valence-electron chi connectivity index (χ1n) is 5.29. The first-order valence-corrected chi connectivity index (χ1v) is 5.29. The van der Waals surface area contributed by atoms with Crippen molar-refractivity contribution in [1.29, 1.82) is 0 Å². The van der Waals surface area contributed by atoms with Gasteiger partial charge in [-0.2, -0.15) is 0 Å². The van der Waals surface area contributed by atoms with E-state index in [1.165, 1.54) is 19.2 Å². The lowest BCUT2D eigenvalue weighted by molar-refractivity contribution is -0.136. The maximum absolute atomic E-state index is 12.8. The van der Waals surface area contributed by atoms with Crippen molar-refractivity contribution in [2.24, 2.45) is 0 Å². The van der Waals surface area contributed by atoms with E-state index in [2.05, 4.69) is 10.1 Å². The fourth-order valence-corrected chi connectivity index (χ4v) is 1.38. The number of methoxy groups -OCH3 is 1. The Morgan fingerprint density at radius 1 is 1.53 bits per heavy atom. The van der Waals surface area contributed by atoms with Crippen LogP contribution in [0, 0.1) is 12.7 Å². The van der Waals surface area contributed by atoms with E-state index in [1.54, 1.807) is 19.1 Å². The van der Waals surface area contributed by atoms with E-state index in [4.69, 9.17) is 0 Å². The summed E-state index contributed by atoms with van der Waals surface area (Å²) >= 11 is 0. The smallest absolute Gasteiger partial charge is 0.333 e. The maximum Gasteiger partial charge on any atom is 0.333 e. The lowest BCUT2D eigenvalue weighted by Gasteiger charge is -2.07.